The molecule has 2 aliphatic rings. The molecule has 1 saturated heterocycles. The van der Waals surface area contributed by atoms with E-state index in [9.17, 15) is 8.42 Å². The predicted molar refractivity (Wildman–Crippen MR) is 80.9 cm³/mol. The van der Waals surface area contributed by atoms with Crippen molar-refractivity contribution < 1.29 is 13.2 Å². The molecule has 2 N–H and O–H groups in total. The molecule has 1 saturated carbocycles. The molecule has 0 radical (unpaired) electrons. The van der Waals surface area contributed by atoms with Gasteiger partial charge in [-0.25, -0.2) is 13.1 Å². The van der Waals surface area contributed by atoms with Gasteiger partial charge in [0.1, 0.15) is 5.75 Å². The third kappa shape index (κ3) is 4.18. The number of nitrogens with one attached hydrogen (secondary N) is 2. The maximum atomic E-state index is 12.0. The van der Waals surface area contributed by atoms with E-state index in [-0.39, 0.29) is 6.04 Å². The van der Waals surface area contributed by atoms with Crippen LogP contribution in [0.2, 0.25) is 0 Å². The van der Waals surface area contributed by atoms with E-state index in [1.54, 1.807) is 24.3 Å². The number of benzene rings is 1. The molecule has 1 aliphatic carbocycles. The van der Waals surface area contributed by atoms with Gasteiger partial charge in [-0.2, -0.15) is 0 Å². The van der Waals surface area contributed by atoms with Crippen LogP contribution in [-0.4, -0.2) is 34.2 Å². The first-order valence-electron chi connectivity index (χ1n) is 7.59. The van der Waals surface area contributed by atoms with Gasteiger partial charge in [0, 0.05) is 18.5 Å². The summed E-state index contributed by atoms with van der Waals surface area (Å²) in [4.78, 5) is 0.307. The van der Waals surface area contributed by atoms with Gasteiger partial charge in [-0.3, -0.25) is 0 Å². The molecule has 0 spiro atoms. The predicted octanol–water partition coefficient (Wildman–Crippen LogP) is 1.51. The van der Waals surface area contributed by atoms with Crippen molar-refractivity contribution in [2.45, 2.75) is 36.6 Å². The van der Waals surface area contributed by atoms with Crippen molar-refractivity contribution in [3.63, 3.8) is 0 Å². The van der Waals surface area contributed by atoms with Gasteiger partial charge in [0.2, 0.25) is 10.0 Å². The molecule has 1 atom stereocenters. The van der Waals surface area contributed by atoms with Crippen LogP contribution in [-0.2, 0) is 10.0 Å². The molecule has 116 valence electrons. The van der Waals surface area contributed by atoms with Crippen molar-refractivity contribution in [1.82, 2.24) is 10.0 Å². The molecule has 0 aromatic heterocycles. The highest BCUT2D eigenvalue weighted by molar-refractivity contribution is 7.89. The Morgan fingerprint density at radius 1 is 1.19 bits per heavy atom. The van der Waals surface area contributed by atoms with Gasteiger partial charge in [-0.1, -0.05) is 0 Å². The van der Waals surface area contributed by atoms with Crippen molar-refractivity contribution in [3.8, 4) is 5.75 Å². The summed E-state index contributed by atoms with van der Waals surface area (Å²) in [5.74, 6) is 1.27. The lowest BCUT2D eigenvalue weighted by atomic mass is 10.0. The second-order valence-corrected chi connectivity index (χ2v) is 7.60. The van der Waals surface area contributed by atoms with Crippen molar-refractivity contribution in [1.29, 1.82) is 0 Å². The van der Waals surface area contributed by atoms with E-state index in [1.807, 2.05) is 0 Å². The highest BCUT2D eigenvalue weighted by atomic mass is 32.2. The normalized spacial score (nSPS) is 23.0. The van der Waals surface area contributed by atoms with Gasteiger partial charge in [0.05, 0.1) is 11.5 Å². The van der Waals surface area contributed by atoms with Crippen LogP contribution in [0.15, 0.2) is 29.2 Å². The van der Waals surface area contributed by atoms with Crippen LogP contribution in [0.5, 0.6) is 5.75 Å². The molecule has 1 aliphatic heterocycles. The Morgan fingerprint density at radius 2 is 1.95 bits per heavy atom. The summed E-state index contributed by atoms with van der Waals surface area (Å²) in [6.45, 7) is 2.77. The number of piperidine rings is 1. The van der Waals surface area contributed by atoms with Crippen molar-refractivity contribution in [3.05, 3.63) is 24.3 Å². The molecule has 3 rings (SSSR count). The van der Waals surface area contributed by atoms with Crippen LogP contribution in [0.3, 0.4) is 0 Å². The first-order valence-corrected chi connectivity index (χ1v) is 9.08. The molecular weight excluding hydrogens is 288 g/mol. The van der Waals surface area contributed by atoms with Crippen molar-refractivity contribution in [2.75, 3.05) is 19.7 Å². The molecule has 1 aromatic rings. The van der Waals surface area contributed by atoms with Crippen LogP contribution in [0.4, 0.5) is 0 Å². The Morgan fingerprint density at radius 3 is 2.57 bits per heavy atom. The van der Waals surface area contributed by atoms with Gasteiger partial charge in [0.15, 0.2) is 0 Å². The second-order valence-electron chi connectivity index (χ2n) is 5.89. The second kappa shape index (κ2) is 6.34. The average Bonchev–Trinajstić information content (AvgIpc) is 3.30. The maximum Gasteiger partial charge on any atom is 0.240 e. The zero-order chi connectivity index (χ0) is 14.7. The van der Waals surface area contributed by atoms with E-state index in [0.717, 1.165) is 31.7 Å². The summed E-state index contributed by atoms with van der Waals surface area (Å²) in [6, 6.07) is 6.82. The topological polar surface area (TPSA) is 67.4 Å². The highest BCUT2D eigenvalue weighted by Crippen LogP contribution is 2.23. The molecule has 1 aromatic carbocycles. The van der Waals surface area contributed by atoms with E-state index >= 15 is 0 Å². The number of hydrogen-bond donors (Lipinski definition) is 2. The van der Waals surface area contributed by atoms with Crippen LogP contribution in [0, 0.1) is 5.92 Å². The fourth-order valence-electron chi connectivity index (χ4n) is 2.48. The van der Waals surface area contributed by atoms with Crippen LogP contribution >= 0.6 is 0 Å². The lowest BCUT2D eigenvalue weighted by Crippen LogP contribution is -2.33. The molecule has 1 heterocycles. The Hall–Kier alpha value is -1.11. The van der Waals surface area contributed by atoms with Gasteiger partial charge < -0.3 is 10.1 Å². The Labute approximate surface area is 126 Å². The van der Waals surface area contributed by atoms with Gasteiger partial charge >= 0.3 is 0 Å². The largest absolute Gasteiger partial charge is 0.493 e. The average molecular weight is 310 g/mol. The Bertz CT molecular complexity index is 561. The van der Waals surface area contributed by atoms with E-state index in [4.69, 9.17) is 4.74 Å². The molecule has 21 heavy (non-hydrogen) atoms. The quantitative estimate of drug-likeness (QED) is 0.836. The highest BCUT2D eigenvalue weighted by Gasteiger charge is 2.27. The fraction of sp³-hybridized carbons (Fsp3) is 0.600. The van der Waals surface area contributed by atoms with Crippen LogP contribution < -0.4 is 14.8 Å². The smallest absolute Gasteiger partial charge is 0.240 e. The number of sulfonamides is 1. The number of hydrogen-bond acceptors (Lipinski definition) is 4. The monoisotopic (exact) mass is 310 g/mol. The molecule has 1 unspecified atom stereocenters. The Balaban J connectivity index is 1.55. The summed E-state index contributed by atoms with van der Waals surface area (Å²) in [7, 11) is -3.36. The summed E-state index contributed by atoms with van der Waals surface area (Å²) in [5, 5.41) is 3.36. The molecule has 5 nitrogen and oxygen atoms in total. The molecule has 2 fully saturated rings. The van der Waals surface area contributed by atoms with E-state index in [2.05, 4.69) is 10.0 Å². The van der Waals surface area contributed by atoms with E-state index in [1.165, 1.54) is 12.8 Å². The number of ether oxygens (including phenoxy) is 1. The standard InChI is InChI=1S/C15H22N2O3S/c18-21(19,17-13-3-4-13)15-7-5-14(6-8-15)20-11-12-2-1-9-16-10-12/h5-8,12-13,16-17H,1-4,9-11H2. The zero-order valence-corrected chi connectivity index (χ0v) is 12.9. The van der Waals surface area contributed by atoms with Crippen molar-refractivity contribution >= 4 is 10.0 Å². The van der Waals surface area contributed by atoms with Gasteiger partial charge in [-0.05, 0) is 56.5 Å². The van der Waals surface area contributed by atoms with E-state index in [0.29, 0.717) is 17.4 Å². The lowest BCUT2D eigenvalue weighted by molar-refractivity contribution is 0.218. The zero-order valence-electron chi connectivity index (χ0n) is 12.0. The minimum Gasteiger partial charge on any atom is -0.493 e. The molecule has 6 heteroatoms. The van der Waals surface area contributed by atoms with Crippen LogP contribution in [0.25, 0.3) is 0 Å². The molecule has 0 bridgehead atoms. The lowest BCUT2D eigenvalue weighted by Gasteiger charge is -2.22. The number of rotatable bonds is 6. The summed E-state index contributed by atoms with van der Waals surface area (Å²) in [6.07, 6.45) is 4.26. The minimum absolute atomic E-state index is 0.129. The summed E-state index contributed by atoms with van der Waals surface area (Å²) in [5.41, 5.74) is 0. The first kappa shape index (κ1) is 14.8. The maximum absolute atomic E-state index is 12.0. The van der Waals surface area contributed by atoms with Gasteiger partial charge in [-0.15, -0.1) is 0 Å². The van der Waals surface area contributed by atoms with E-state index < -0.39 is 10.0 Å². The SMILES string of the molecule is O=S(=O)(NC1CC1)c1ccc(OCC2CCCNC2)cc1. The third-order valence-corrected chi connectivity index (χ3v) is 5.45. The summed E-state index contributed by atoms with van der Waals surface area (Å²) < 4.78 is 32.5. The Kier molecular flexibility index (Phi) is 4.47. The van der Waals surface area contributed by atoms with Gasteiger partial charge in [0.25, 0.3) is 0 Å². The first-order chi connectivity index (χ1) is 10.1. The summed E-state index contributed by atoms with van der Waals surface area (Å²) >= 11 is 0. The molecular formula is C15H22N2O3S. The molecule has 0 amide bonds. The minimum atomic E-state index is -3.36. The third-order valence-electron chi connectivity index (χ3n) is 3.92. The fourth-order valence-corrected chi connectivity index (χ4v) is 3.79. The van der Waals surface area contributed by atoms with Crippen molar-refractivity contribution in [2.24, 2.45) is 5.92 Å². The van der Waals surface area contributed by atoms with Crippen LogP contribution in [0.1, 0.15) is 25.7 Å².